The van der Waals surface area contributed by atoms with Gasteiger partial charge in [0.05, 0.1) is 19.3 Å². The smallest absolute Gasteiger partial charge is 0.249 e. The minimum absolute atomic E-state index is 0.179. The normalized spacial score (nSPS) is 16.4. The largest absolute Gasteiger partial charge is 0.377 e. The predicted molar refractivity (Wildman–Crippen MR) is 72.9 cm³/mol. The molecule has 0 atom stereocenters. The van der Waals surface area contributed by atoms with Crippen molar-refractivity contribution in [2.75, 3.05) is 18.5 Å². The Kier molecular flexibility index (Phi) is 3.34. The van der Waals surface area contributed by atoms with E-state index in [1.54, 1.807) is 0 Å². The molecule has 100 valence electrons. The van der Waals surface area contributed by atoms with Crippen LogP contribution in [-0.2, 0) is 9.53 Å². The van der Waals surface area contributed by atoms with Crippen molar-refractivity contribution in [2.45, 2.75) is 27.7 Å². The molecule has 0 unspecified atom stereocenters. The number of ether oxygens (including phenoxy) is 1. The number of hydrogen-bond donors (Lipinski definition) is 1. The van der Waals surface area contributed by atoms with Gasteiger partial charge in [0.15, 0.2) is 5.41 Å². The van der Waals surface area contributed by atoms with Crippen molar-refractivity contribution < 1.29 is 9.53 Å². The molecule has 1 N–H and O–H groups in total. The predicted octanol–water partition coefficient (Wildman–Crippen LogP) is 2.40. The zero-order chi connectivity index (χ0) is 14.2. The molecular weight excluding hydrogens is 240 g/mol. The van der Waals surface area contributed by atoms with E-state index in [0.717, 1.165) is 27.9 Å². The Hall–Kier alpha value is -1.86. The van der Waals surface area contributed by atoms with E-state index in [2.05, 4.69) is 17.5 Å². The molecule has 1 aromatic rings. The maximum absolute atomic E-state index is 12.3. The Bertz CT molecular complexity index is 555. The van der Waals surface area contributed by atoms with E-state index in [1.807, 2.05) is 27.7 Å². The number of nitrogens with one attached hydrogen (secondary N) is 1. The van der Waals surface area contributed by atoms with E-state index < -0.39 is 5.41 Å². The number of benzene rings is 1. The molecule has 1 aliphatic heterocycles. The topological polar surface area (TPSA) is 62.1 Å². The Morgan fingerprint density at radius 1 is 1.26 bits per heavy atom. The van der Waals surface area contributed by atoms with Gasteiger partial charge in [-0.05, 0) is 49.9 Å². The third-order valence-electron chi connectivity index (χ3n) is 3.95. The summed E-state index contributed by atoms with van der Waals surface area (Å²) in [6.07, 6.45) is 0. The minimum Gasteiger partial charge on any atom is -0.377 e. The average molecular weight is 258 g/mol. The van der Waals surface area contributed by atoms with Gasteiger partial charge in [-0.25, -0.2) is 0 Å². The van der Waals surface area contributed by atoms with E-state index >= 15 is 0 Å². The summed E-state index contributed by atoms with van der Waals surface area (Å²) >= 11 is 0. The van der Waals surface area contributed by atoms with Crippen molar-refractivity contribution in [2.24, 2.45) is 5.41 Å². The monoisotopic (exact) mass is 258 g/mol. The van der Waals surface area contributed by atoms with Gasteiger partial charge in [0.25, 0.3) is 0 Å². The van der Waals surface area contributed by atoms with Crippen molar-refractivity contribution in [3.8, 4) is 6.07 Å². The summed E-state index contributed by atoms with van der Waals surface area (Å²) in [5, 5.41) is 12.1. The molecule has 1 amide bonds. The first kappa shape index (κ1) is 13.6. The average Bonchev–Trinajstić information content (AvgIpc) is 2.31. The second kappa shape index (κ2) is 4.67. The molecular formula is C15H18N2O2. The number of aryl methyl sites for hydroxylation is 2. The molecule has 0 saturated carbocycles. The third kappa shape index (κ3) is 2.11. The number of anilines is 1. The molecule has 0 aromatic heterocycles. The molecule has 0 spiro atoms. The van der Waals surface area contributed by atoms with Crippen LogP contribution >= 0.6 is 0 Å². The van der Waals surface area contributed by atoms with Gasteiger partial charge in [-0.1, -0.05) is 6.07 Å². The van der Waals surface area contributed by atoms with Gasteiger partial charge in [0.2, 0.25) is 5.91 Å². The van der Waals surface area contributed by atoms with Crippen LogP contribution in [0.3, 0.4) is 0 Å². The number of rotatable bonds is 2. The molecule has 1 aromatic carbocycles. The Morgan fingerprint density at radius 3 is 2.16 bits per heavy atom. The first-order chi connectivity index (χ1) is 8.91. The number of amides is 1. The zero-order valence-corrected chi connectivity index (χ0v) is 11.8. The van der Waals surface area contributed by atoms with Gasteiger partial charge < -0.3 is 10.1 Å². The lowest BCUT2D eigenvalue weighted by Crippen LogP contribution is -2.50. The fraction of sp³-hybridized carbons (Fsp3) is 0.467. The van der Waals surface area contributed by atoms with Crippen molar-refractivity contribution in [1.82, 2.24) is 0 Å². The SMILES string of the molecule is Cc1cc(C)c(C)c(NC(=O)C2(C#N)COC2)c1C. The van der Waals surface area contributed by atoms with Crippen LogP contribution < -0.4 is 5.32 Å². The van der Waals surface area contributed by atoms with Gasteiger partial charge in [-0.15, -0.1) is 0 Å². The van der Waals surface area contributed by atoms with Crippen LogP contribution in [-0.4, -0.2) is 19.1 Å². The number of carbonyl (C=O) groups excluding carboxylic acids is 1. The van der Waals surface area contributed by atoms with Crippen LogP contribution in [0.25, 0.3) is 0 Å². The minimum atomic E-state index is -1.02. The number of nitrogens with zero attached hydrogens (tertiary/aromatic N) is 1. The summed E-state index contributed by atoms with van der Waals surface area (Å²) in [6, 6.07) is 4.17. The van der Waals surface area contributed by atoms with Crippen LogP contribution in [0.5, 0.6) is 0 Å². The third-order valence-corrected chi connectivity index (χ3v) is 3.95. The highest BCUT2D eigenvalue weighted by Crippen LogP contribution is 2.31. The second-order valence-electron chi connectivity index (χ2n) is 5.28. The molecule has 1 fully saturated rings. The highest BCUT2D eigenvalue weighted by molar-refractivity contribution is 5.99. The summed E-state index contributed by atoms with van der Waals surface area (Å²) in [5.74, 6) is -0.266. The molecule has 4 heteroatoms. The van der Waals surface area contributed by atoms with Crippen molar-refractivity contribution in [3.05, 3.63) is 28.3 Å². The fourth-order valence-corrected chi connectivity index (χ4v) is 2.19. The van der Waals surface area contributed by atoms with E-state index in [9.17, 15) is 4.79 Å². The lowest BCUT2D eigenvalue weighted by Gasteiger charge is -2.33. The van der Waals surface area contributed by atoms with E-state index in [4.69, 9.17) is 10.00 Å². The number of hydrogen-bond acceptors (Lipinski definition) is 3. The van der Waals surface area contributed by atoms with Crippen molar-refractivity contribution in [1.29, 1.82) is 5.26 Å². The summed E-state index contributed by atoms with van der Waals surface area (Å²) < 4.78 is 5.01. The quantitative estimate of drug-likeness (QED) is 0.886. The van der Waals surface area contributed by atoms with Crippen LogP contribution in [0.15, 0.2) is 6.07 Å². The fourth-order valence-electron chi connectivity index (χ4n) is 2.19. The van der Waals surface area contributed by atoms with Crippen LogP contribution in [0.2, 0.25) is 0 Å². The van der Waals surface area contributed by atoms with E-state index in [1.165, 1.54) is 0 Å². The molecule has 4 nitrogen and oxygen atoms in total. The molecule has 1 aliphatic rings. The van der Waals surface area contributed by atoms with E-state index in [-0.39, 0.29) is 19.1 Å². The lowest BCUT2D eigenvalue weighted by atomic mass is 9.86. The molecule has 1 heterocycles. The molecule has 0 radical (unpaired) electrons. The van der Waals surface area contributed by atoms with Gasteiger partial charge in [0, 0.05) is 5.69 Å². The summed E-state index contributed by atoms with van der Waals surface area (Å²) in [5.41, 5.74) is 4.17. The van der Waals surface area contributed by atoms with E-state index in [0.29, 0.717) is 0 Å². The molecule has 1 saturated heterocycles. The Balaban J connectivity index is 2.35. The van der Waals surface area contributed by atoms with Gasteiger partial charge in [-0.3, -0.25) is 4.79 Å². The van der Waals surface area contributed by atoms with Crippen molar-refractivity contribution in [3.63, 3.8) is 0 Å². The van der Waals surface area contributed by atoms with Gasteiger partial charge >= 0.3 is 0 Å². The Labute approximate surface area is 113 Å². The second-order valence-corrected chi connectivity index (χ2v) is 5.28. The maximum Gasteiger partial charge on any atom is 0.249 e. The standard InChI is InChI=1S/C15H18N2O2/c1-9-5-10(2)12(4)13(11(9)3)17-14(18)15(6-16)7-19-8-15/h5H,7-8H2,1-4H3,(H,17,18). The van der Waals surface area contributed by atoms with Gasteiger partial charge in [0.1, 0.15) is 0 Å². The molecule has 19 heavy (non-hydrogen) atoms. The number of nitriles is 1. The van der Waals surface area contributed by atoms with Crippen LogP contribution in [0.1, 0.15) is 22.3 Å². The number of carbonyl (C=O) groups is 1. The van der Waals surface area contributed by atoms with Crippen LogP contribution in [0, 0.1) is 44.4 Å². The zero-order valence-electron chi connectivity index (χ0n) is 11.8. The Morgan fingerprint density at radius 2 is 1.79 bits per heavy atom. The summed E-state index contributed by atoms with van der Waals surface area (Å²) in [6.45, 7) is 8.35. The summed E-state index contributed by atoms with van der Waals surface area (Å²) in [7, 11) is 0. The molecule has 2 rings (SSSR count). The summed E-state index contributed by atoms with van der Waals surface area (Å²) in [4.78, 5) is 12.3. The maximum atomic E-state index is 12.3. The first-order valence-corrected chi connectivity index (χ1v) is 6.29. The highest BCUT2D eigenvalue weighted by atomic mass is 16.5. The molecule has 0 bridgehead atoms. The highest BCUT2D eigenvalue weighted by Gasteiger charge is 2.46. The first-order valence-electron chi connectivity index (χ1n) is 6.29. The van der Waals surface area contributed by atoms with Crippen molar-refractivity contribution >= 4 is 11.6 Å². The van der Waals surface area contributed by atoms with Crippen LogP contribution in [0.4, 0.5) is 5.69 Å². The molecule has 0 aliphatic carbocycles. The lowest BCUT2D eigenvalue weighted by molar-refractivity contribution is -0.144. The van der Waals surface area contributed by atoms with Gasteiger partial charge in [-0.2, -0.15) is 5.26 Å².